The van der Waals surface area contributed by atoms with Crippen molar-refractivity contribution in [3.8, 4) is 0 Å². The van der Waals surface area contributed by atoms with Crippen LogP contribution in [0.2, 0.25) is 0 Å². The lowest BCUT2D eigenvalue weighted by atomic mass is 9.84. The molecule has 24 heavy (non-hydrogen) atoms. The van der Waals surface area contributed by atoms with Crippen molar-refractivity contribution in [1.82, 2.24) is 14.9 Å². The molecule has 2 aliphatic rings. The number of para-hydroxylation sites is 1. The third-order valence-electron chi connectivity index (χ3n) is 5.74. The second-order valence-electron chi connectivity index (χ2n) is 7.30. The number of piperidine rings is 1. The van der Waals surface area contributed by atoms with Crippen LogP contribution in [0, 0.1) is 0 Å². The summed E-state index contributed by atoms with van der Waals surface area (Å²) >= 11 is 0. The number of aromatic amines is 1. The van der Waals surface area contributed by atoms with Gasteiger partial charge in [-0.2, -0.15) is 0 Å². The Labute approximate surface area is 142 Å². The molecule has 1 aromatic heterocycles. The van der Waals surface area contributed by atoms with E-state index in [1.165, 1.54) is 58.0 Å². The van der Waals surface area contributed by atoms with Gasteiger partial charge >= 0.3 is 0 Å². The van der Waals surface area contributed by atoms with Crippen LogP contribution in [0.1, 0.15) is 67.0 Å². The maximum absolute atomic E-state index is 11.6. The molecule has 0 bridgehead atoms. The monoisotopic (exact) mass is 326 g/mol. The number of aromatic nitrogens is 2. The summed E-state index contributed by atoms with van der Waals surface area (Å²) in [5, 5.41) is 0. The highest BCUT2D eigenvalue weighted by molar-refractivity contribution is 6.04. The van der Waals surface area contributed by atoms with Crippen LogP contribution in [-0.4, -0.2) is 39.9 Å². The second kappa shape index (κ2) is 6.55. The van der Waals surface area contributed by atoms with Crippen molar-refractivity contribution in [3.05, 3.63) is 29.6 Å². The van der Waals surface area contributed by atoms with E-state index in [0.717, 1.165) is 16.9 Å². The number of primary amides is 1. The van der Waals surface area contributed by atoms with E-state index in [9.17, 15) is 4.79 Å². The highest BCUT2D eigenvalue weighted by Gasteiger charge is 2.30. The molecule has 2 fully saturated rings. The molecule has 0 radical (unpaired) electrons. The number of nitrogens with two attached hydrogens (primary N) is 1. The maximum Gasteiger partial charge on any atom is 0.250 e. The Balaban J connectivity index is 1.57. The first-order valence-electron chi connectivity index (χ1n) is 9.25. The number of likely N-dealkylation sites (tertiary alicyclic amines) is 1. The number of amides is 1. The van der Waals surface area contributed by atoms with Gasteiger partial charge in [0.25, 0.3) is 5.91 Å². The molecule has 2 aromatic rings. The van der Waals surface area contributed by atoms with Gasteiger partial charge in [-0.3, -0.25) is 4.79 Å². The van der Waals surface area contributed by atoms with Crippen molar-refractivity contribution < 1.29 is 4.79 Å². The average Bonchev–Trinajstić information content (AvgIpc) is 3.06. The van der Waals surface area contributed by atoms with E-state index in [4.69, 9.17) is 10.7 Å². The van der Waals surface area contributed by atoms with Crippen molar-refractivity contribution in [2.24, 2.45) is 5.73 Å². The molecule has 2 heterocycles. The molecule has 5 nitrogen and oxygen atoms in total. The molecule has 2 atom stereocenters. The van der Waals surface area contributed by atoms with E-state index in [1.807, 2.05) is 12.1 Å². The van der Waals surface area contributed by atoms with E-state index >= 15 is 0 Å². The Bertz CT molecular complexity index is 732. The van der Waals surface area contributed by atoms with Gasteiger partial charge in [0.2, 0.25) is 0 Å². The first-order valence-corrected chi connectivity index (χ1v) is 9.25. The molecule has 128 valence electrons. The first kappa shape index (κ1) is 15.6. The molecule has 1 aromatic carbocycles. The fourth-order valence-electron chi connectivity index (χ4n) is 4.47. The Morgan fingerprint density at radius 3 is 2.79 bits per heavy atom. The summed E-state index contributed by atoms with van der Waals surface area (Å²) in [6.07, 6.45) is 8.98. The Morgan fingerprint density at radius 1 is 1.17 bits per heavy atom. The highest BCUT2D eigenvalue weighted by Crippen LogP contribution is 2.35. The lowest BCUT2D eigenvalue weighted by Gasteiger charge is -2.39. The number of H-pyrrole nitrogens is 1. The highest BCUT2D eigenvalue weighted by atomic mass is 16.1. The van der Waals surface area contributed by atoms with Crippen molar-refractivity contribution in [3.63, 3.8) is 0 Å². The number of imidazole rings is 1. The standard InChI is InChI=1S/C19H26N4O/c20-18(24)15-8-5-9-16-17(15)22-19(21-16)13-6-4-7-14(12-13)23-10-2-1-3-11-23/h5,8-9,13-14H,1-4,6-7,10-12H2,(H2,20,24)(H,21,22). The van der Waals surface area contributed by atoms with Gasteiger partial charge in [-0.05, 0) is 57.3 Å². The minimum Gasteiger partial charge on any atom is -0.366 e. The van der Waals surface area contributed by atoms with Crippen molar-refractivity contribution in [2.45, 2.75) is 56.9 Å². The van der Waals surface area contributed by atoms with Crippen molar-refractivity contribution >= 4 is 16.9 Å². The molecule has 3 N–H and O–H groups in total. The van der Waals surface area contributed by atoms with Gasteiger partial charge in [0.15, 0.2) is 0 Å². The van der Waals surface area contributed by atoms with E-state index in [2.05, 4.69) is 9.88 Å². The largest absolute Gasteiger partial charge is 0.366 e. The molecule has 2 unspecified atom stereocenters. The Kier molecular flexibility index (Phi) is 4.27. The van der Waals surface area contributed by atoms with Crippen LogP contribution < -0.4 is 5.73 Å². The van der Waals surface area contributed by atoms with Gasteiger partial charge in [0, 0.05) is 12.0 Å². The number of nitrogens with zero attached hydrogens (tertiary/aromatic N) is 2. The van der Waals surface area contributed by atoms with Gasteiger partial charge in [0.05, 0.1) is 11.1 Å². The molecular weight excluding hydrogens is 300 g/mol. The lowest BCUT2D eigenvalue weighted by molar-refractivity contribution is 0.100. The molecule has 4 rings (SSSR count). The number of hydrogen-bond acceptors (Lipinski definition) is 3. The lowest BCUT2D eigenvalue weighted by Crippen LogP contribution is -2.41. The normalized spacial score (nSPS) is 25.8. The summed E-state index contributed by atoms with van der Waals surface area (Å²) in [5.74, 6) is 1.08. The molecule has 0 spiro atoms. The number of hydrogen-bond donors (Lipinski definition) is 2. The Hall–Kier alpha value is -1.88. The van der Waals surface area contributed by atoms with E-state index in [-0.39, 0.29) is 0 Å². The predicted octanol–water partition coefficient (Wildman–Crippen LogP) is 3.17. The summed E-state index contributed by atoms with van der Waals surface area (Å²) in [6, 6.07) is 6.28. The third kappa shape index (κ3) is 2.93. The average molecular weight is 326 g/mol. The number of fused-ring (bicyclic) bond motifs is 1. The van der Waals surface area contributed by atoms with Crippen LogP contribution in [0.4, 0.5) is 0 Å². The number of carbonyl (C=O) groups is 1. The van der Waals surface area contributed by atoms with E-state index < -0.39 is 5.91 Å². The summed E-state index contributed by atoms with van der Waals surface area (Å²) in [5.41, 5.74) is 7.64. The summed E-state index contributed by atoms with van der Waals surface area (Å²) in [7, 11) is 0. The fraction of sp³-hybridized carbons (Fsp3) is 0.579. The zero-order valence-electron chi connectivity index (χ0n) is 14.1. The van der Waals surface area contributed by atoms with Gasteiger partial charge in [-0.25, -0.2) is 4.98 Å². The van der Waals surface area contributed by atoms with Crippen LogP contribution in [0.3, 0.4) is 0 Å². The van der Waals surface area contributed by atoms with E-state index in [1.54, 1.807) is 6.07 Å². The molecule has 5 heteroatoms. The number of benzene rings is 1. The number of rotatable bonds is 3. The molecular formula is C19H26N4O. The first-order chi connectivity index (χ1) is 11.7. The topological polar surface area (TPSA) is 75.0 Å². The van der Waals surface area contributed by atoms with Crippen LogP contribution in [0.5, 0.6) is 0 Å². The van der Waals surface area contributed by atoms with Crippen LogP contribution in [0.15, 0.2) is 18.2 Å². The quantitative estimate of drug-likeness (QED) is 0.909. The minimum absolute atomic E-state index is 0.409. The zero-order chi connectivity index (χ0) is 16.5. The van der Waals surface area contributed by atoms with Crippen LogP contribution in [0.25, 0.3) is 11.0 Å². The molecule has 1 saturated heterocycles. The molecule has 1 aliphatic heterocycles. The fourth-order valence-corrected chi connectivity index (χ4v) is 4.47. The van der Waals surface area contributed by atoms with Gasteiger partial charge in [-0.15, -0.1) is 0 Å². The van der Waals surface area contributed by atoms with Crippen LogP contribution in [-0.2, 0) is 0 Å². The predicted molar refractivity (Wildman–Crippen MR) is 95.0 cm³/mol. The van der Waals surface area contributed by atoms with Crippen LogP contribution >= 0.6 is 0 Å². The molecule has 1 aliphatic carbocycles. The summed E-state index contributed by atoms with van der Waals surface area (Å²) in [4.78, 5) is 22.5. The third-order valence-corrected chi connectivity index (χ3v) is 5.74. The molecule has 1 amide bonds. The zero-order valence-corrected chi connectivity index (χ0v) is 14.1. The SMILES string of the molecule is NC(=O)c1cccc2[nH]c(C3CCCC(N4CCCCC4)C3)nc12. The smallest absolute Gasteiger partial charge is 0.250 e. The van der Waals surface area contributed by atoms with E-state index in [0.29, 0.717) is 17.5 Å². The Morgan fingerprint density at radius 2 is 2.00 bits per heavy atom. The maximum atomic E-state index is 11.6. The van der Waals surface area contributed by atoms with Crippen molar-refractivity contribution in [1.29, 1.82) is 0 Å². The van der Waals surface area contributed by atoms with Gasteiger partial charge < -0.3 is 15.6 Å². The van der Waals surface area contributed by atoms with Gasteiger partial charge in [0.1, 0.15) is 11.3 Å². The van der Waals surface area contributed by atoms with Gasteiger partial charge in [-0.1, -0.05) is 18.9 Å². The molecule has 1 saturated carbocycles. The second-order valence-corrected chi connectivity index (χ2v) is 7.30. The summed E-state index contributed by atoms with van der Waals surface area (Å²) < 4.78 is 0. The summed E-state index contributed by atoms with van der Waals surface area (Å²) in [6.45, 7) is 2.51. The number of carbonyl (C=O) groups excluding carboxylic acids is 1. The van der Waals surface area contributed by atoms with Crippen molar-refractivity contribution in [2.75, 3.05) is 13.1 Å². The minimum atomic E-state index is -0.409. The number of nitrogens with one attached hydrogen (secondary N) is 1.